The monoisotopic (exact) mass is 282 g/mol. The molecule has 1 N–H and O–H groups in total. The molecule has 2 heteroatoms. The third kappa shape index (κ3) is 3.15. The molecule has 1 atom stereocenters. The van der Waals surface area contributed by atoms with Gasteiger partial charge in [-0.2, -0.15) is 0 Å². The van der Waals surface area contributed by atoms with Gasteiger partial charge in [0.25, 0.3) is 0 Å². The van der Waals surface area contributed by atoms with Gasteiger partial charge in [-0.25, -0.2) is 0 Å². The van der Waals surface area contributed by atoms with E-state index < -0.39 is 11.4 Å². The van der Waals surface area contributed by atoms with Crippen LogP contribution in [0, 0.1) is 6.92 Å². The van der Waals surface area contributed by atoms with E-state index in [-0.39, 0.29) is 0 Å². The largest absolute Gasteiger partial charge is 0.481 e. The van der Waals surface area contributed by atoms with Crippen LogP contribution in [0.4, 0.5) is 0 Å². The van der Waals surface area contributed by atoms with E-state index in [0.29, 0.717) is 6.42 Å². The summed E-state index contributed by atoms with van der Waals surface area (Å²) in [7, 11) is 0. The standard InChI is InChI=1S/C19H22O2/c1-4-15-9-11-16(12-10-15)13-19(3,18(20)21)17-8-6-5-7-14(17)2/h5-12H,4,13H2,1-3H3,(H,20,21). The summed E-state index contributed by atoms with van der Waals surface area (Å²) in [5.41, 5.74) is 3.33. The molecule has 0 aliphatic heterocycles. The van der Waals surface area contributed by atoms with Gasteiger partial charge >= 0.3 is 5.97 Å². The molecule has 2 aromatic carbocycles. The molecular formula is C19H22O2. The molecule has 1 unspecified atom stereocenters. The third-order valence-electron chi connectivity index (χ3n) is 4.20. The predicted octanol–water partition coefficient (Wildman–Crippen LogP) is 4.14. The Balaban J connectivity index is 2.38. The summed E-state index contributed by atoms with van der Waals surface area (Å²) in [6.07, 6.45) is 1.49. The van der Waals surface area contributed by atoms with Gasteiger partial charge in [0, 0.05) is 0 Å². The first kappa shape index (κ1) is 15.3. The molecule has 0 fully saturated rings. The van der Waals surface area contributed by atoms with Crippen LogP contribution in [0.15, 0.2) is 48.5 Å². The number of hydrogen-bond acceptors (Lipinski definition) is 1. The molecule has 2 nitrogen and oxygen atoms in total. The van der Waals surface area contributed by atoms with Crippen molar-refractivity contribution in [3.63, 3.8) is 0 Å². The minimum absolute atomic E-state index is 0.497. The minimum atomic E-state index is -0.904. The number of carboxylic acid groups (broad SMARTS) is 1. The lowest BCUT2D eigenvalue weighted by Gasteiger charge is -2.27. The SMILES string of the molecule is CCc1ccc(CC(C)(C(=O)O)c2ccccc2C)cc1. The second-order valence-electron chi connectivity index (χ2n) is 5.80. The summed E-state index contributed by atoms with van der Waals surface area (Å²) in [5.74, 6) is -0.781. The molecule has 0 aromatic heterocycles. The van der Waals surface area contributed by atoms with Crippen molar-refractivity contribution in [1.82, 2.24) is 0 Å². The molecule has 0 saturated carbocycles. The van der Waals surface area contributed by atoms with Crippen molar-refractivity contribution in [2.24, 2.45) is 0 Å². The number of aliphatic carboxylic acids is 1. The Labute approximate surface area is 126 Å². The maximum atomic E-state index is 11.9. The van der Waals surface area contributed by atoms with Crippen LogP contribution in [0.2, 0.25) is 0 Å². The van der Waals surface area contributed by atoms with Crippen LogP contribution in [-0.4, -0.2) is 11.1 Å². The van der Waals surface area contributed by atoms with Crippen LogP contribution in [-0.2, 0) is 23.1 Å². The van der Waals surface area contributed by atoms with Crippen LogP contribution < -0.4 is 0 Å². The van der Waals surface area contributed by atoms with Gasteiger partial charge in [-0.15, -0.1) is 0 Å². The average molecular weight is 282 g/mol. The van der Waals surface area contributed by atoms with E-state index >= 15 is 0 Å². The highest BCUT2D eigenvalue weighted by Gasteiger charge is 2.36. The third-order valence-corrected chi connectivity index (χ3v) is 4.20. The van der Waals surface area contributed by atoms with E-state index in [4.69, 9.17) is 0 Å². The van der Waals surface area contributed by atoms with Gasteiger partial charge in [0.05, 0.1) is 5.41 Å². The molecule has 0 radical (unpaired) electrons. The fraction of sp³-hybridized carbons (Fsp3) is 0.316. The van der Waals surface area contributed by atoms with E-state index in [2.05, 4.69) is 19.1 Å². The first-order chi connectivity index (χ1) is 9.97. The molecule has 0 aliphatic rings. The summed E-state index contributed by atoms with van der Waals surface area (Å²) in [6, 6.07) is 16.0. The van der Waals surface area contributed by atoms with E-state index in [1.54, 1.807) is 0 Å². The van der Waals surface area contributed by atoms with Crippen molar-refractivity contribution >= 4 is 5.97 Å². The maximum absolute atomic E-state index is 11.9. The summed E-state index contributed by atoms with van der Waals surface area (Å²) in [5, 5.41) is 9.77. The Morgan fingerprint density at radius 3 is 2.14 bits per heavy atom. The van der Waals surface area contributed by atoms with Crippen LogP contribution in [0.5, 0.6) is 0 Å². The molecule has 2 aromatic rings. The smallest absolute Gasteiger partial charge is 0.314 e. The molecule has 2 rings (SSSR count). The number of benzene rings is 2. The van der Waals surface area contributed by atoms with Crippen molar-refractivity contribution in [2.75, 3.05) is 0 Å². The highest BCUT2D eigenvalue weighted by molar-refractivity contribution is 5.82. The fourth-order valence-corrected chi connectivity index (χ4v) is 2.78. The zero-order valence-corrected chi connectivity index (χ0v) is 12.9. The topological polar surface area (TPSA) is 37.3 Å². The lowest BCUT2D eigenvalue weighted by Crippen LogP contribution is -2.35. The number of carboxylic acids is 1. The molecular weight excluding hydrogens is 260 g/mol. The second kappa shape index (κ2) is 6.13. The van der Waals surface area contributed by atoms with Crippen molar-refractivity contribution in [3.05, 3.63) is 70.8 Å². The summed E-state index contributed by atoms with van der Waals surface area (Å²) in [6.45, 7) is 5.89. The van der Waals surface area contributed by atoms with Crippen molar-refractivity contribution < 1.29 is 9.90 Å². The molecule has 0 amide bonds. The highest BCUT2D eigenvalue weighted by atomic mass is 16.4. The molecule has 21 heavy (non-hydrogen) atoms. The Hall–Kier alpha value is -2.09. The van der Waals surface area contributed by atoms with Gasteiger partial charge in [0.2, 0.25) is 0 Å². The quantitative estimate of drug-likeness (QED) is 0.894. The minimum Gasteiger partial charge on any atom is -0.481 e. The molecule has 0 bridgehead atoms. The molecule has 0 saturated heterocycles. The fourth-order valence-electron chi connectivity index (χ4n) is 2.78. The Bertz CT molecular complexity index is 628. The van der Waals surface area contributed by atoms with E-state index in [0.717, 1.165) is 23.1 Å². The normalized spacial score (nSPS) is 13.7. The predicted molar refractivity (Wildman–Crippen MR) is 85.7 cm³/mol. The second-order valence-corrected chi connectivity index (χ2v) is 5.80. The number of aryl methyl sites for hydroxylation is 2. The van der Waals surface area contributed by atoms with E-state index in [1.165, 1.54) is 5.56 Å². The van der Waals surface area contributed by atoms with Crippen LogP contribution in [0.25, 0.3) is 0 Å². The average Bonchev–Trinajstić information content (AvgIpc) is 2.48. The zero-order valence-electron chi connectivity index (χ0n) is 12.9. The van der Waals surface area contributed by atoms with Gasteiger partial charge in [-0.1, -0.05) is 55.5 Å². The highest BCUT2D eigenvalue weighted by Crippen LogP contribution is 2.31. The van der Waals surface area contributed by atoms with Crippen molar-refractivity contribution in [1.29, 1.82) is 0 Å². The molecule has 0 heterocycles. The molecule has 110 valence electrons. The summed E-state index contributed by atoms with van der Waals surface area (Å²) in [4.78, 5) is 11.9. The maximum Gasteiger partial charge on any atom is 0.314 e. The van der Waals surface area contributed by atoms with Crippen molar-refractivity contribution in [2.45, 2.75) is 39.0 Å². The lowest BCUT2D eigenvalue weighted by atomic mass is 9.75. The summed E-state index contributed by atoms with van der Waals surface area (Å²) < 4.78 is 0. The van der Waals surface area contributed by atoms with E-state index in [9.17, 15) is 9.90 Å². The van der Waals surface area contributed by atoms with Crippen molar-refractivity contribution in [3.8, 4) is 0 Å². The van der Waals surface area contributed by atoms with Crippen LogP contribution in [0.1, 0.15) is 36.1 Å². The van der Waals surface area contributed by atoms with Gasteiger partial charge in [0.15, 0.2) is 0 Å². The number of rotatable bonds is 5. The molecule has 0 aliphatic carbocycles. The van der Waals surface area contributed by atoms with Gasteiger partial charge < -0.3 is 5.11 Å². The number of carbonyl (C=O) groups is 1. The van der Waals surface area contributed by atoms with E-state index in [1.807, 2.05) is 50.2 Å². The number of hydrogen-bond donors (Lipinski definition) is 1. The summed E-state index contributed by atoms with van der Waals surface area (Å²) >= 11 is 0. The lowest BCUT2D eigenvalue weighted by molar-refractivity contribution is -0.143. The van der Waals surface area contributed by atoms with Gasteiger partial charge in [0.1, 0.15) is 0 Å². The van der Waals surface area contributed by atoms with Crippen LogP contribution >= 0.6 is 0 Å². The zero-order chi connectivity index (χ0) is 15.5. The Morgan fingerprint density at radius 1 is 1.05 bits per heavy atom. The Morgan fingerprint density at radius 2 is 1.62 bits per heavy atom. The van der Waals surface area contributed by atoms with Gasteiger partial charge in [-0.05, 0) is 48.9 Å². The molecule has 0 spiro atoms. The first-order valence-electron chi connectivity index (χ1n) is 7.34. The Kier molecular flexibility index (Phi) is 4.46. The first-order valence-corrected chi connectivity index (χ1v) is 7.34. The van der Waals surface area contributed by atoms with Gasteiger partial charge in [-0.3, -0.25) is 4.79 Å². The van der Waals surface area contributed by atoms with Crippen LogP contribution in [0.3, 0.4) is 0 Å².